The monoisotopic (exact) mass is 360 g/mol. The normalized spacial score (nSPS) is 21.7. The molecule has 3 aliphatic heterocycles. The number of nitrogens with one attached hydrogen (secondary N) is 1. The van der Waals surface area contributed by atoms with Crippen molar-refractivity contribution in [1.82, 2.24) is 10.2 Å². The third-order valence-electron chi connectivity index (χ3n) is 5.52. The van der Waals surface area contributed by atoms with Crippen molar-refractivity contribution in [3.05, 3.63) is 23.3 Å². The Hall–Kier alpha value is -1.77. The highest BCUT2D eigenvalue weighted by Gasteiger charge is 2.34. The number of piperidine rings is 1. The number of hydrogen-bond donors (Lipinski definition) is 3. The zero-order chi connectivity index (χ0) is 18.1. The summed E-state index contributed by atoms with van der Waals surface area (Å²) >= 11 is 0. The van der Waals surface area contributed by atoms with Crippen molar-refractivity contribution in [2.45, 2.75) is 31.7 Å². The van der Waals surface area contributed by atoms with E-state index in [2.05, 4.69) is 10.2 Å². The number of carbonyl (C=O) groups is 1. The second-order valence-electron chi connectivity index (χ2n) is 7.50. The quantitative estimate of drug-likeness (QED) is 0.671. The second kappa shape index (κ2) is 7.46. The van der Waals surface area contributed by atoms with Gasteiger partial charge in [-0.2, -0.15) is 0 Å². The third-order valence-corrected chi connectivity index (χ3v) is 5.52. The molecule has 3 aliphatic rings. The van der Waals surface area contributed by atoms with Crippen LogP contribution >= 0.6 is 0 Å². The molecule has 8 heteroatoms. The second-order valence-corrected chi connectivity index (χ2v) is 7.50. The first kappa shape index (κ1) is 17.6. The average Bonchev–Trinajstić information content (AvgIpc) is 2.60. The highest BCUT2D eigenvalue weighted by molar-refractivity contribution is 6.44. The van der Waals surface area contributed by atoms with Crippen LogP contribution in [0.1, 0.15) is 28.8 Å². The number of nitrogens with zero attached hydrogens (tertiary/aromatic N) is 1. The Morgan fingerprint density at radius 1 is 1.35 bits per heavy atom. The Balaban J connectivity index is 1.39. The summed E-state index contributed by atoms with van der Waals surface area (Å²) in [7, 11) is -0.958. The SMILES string of the molecule is O=C(O)c1c(OC2CN(CC3CCNCC3)C2)ccc2c1OB(O)CC2. The number of fused-ring (bicyclic) bond motifs is 1. The number of ether oxygens (including phenoxy) is 1. The van der Waals surface area contributed by atoms with Crippen LogP contribution in [0.4, 0.5) is 0 Å². The molecule has 26 heavy (non-hydrogen) atoms. The van der Waals surface area contributed by atoms with Crippen LogP contribution in [0.3, 0.4) is 0 Å². The molecule has 140 valence electrons. The van der Waals surface area contributed by atoms with Crippen LogP contribution in [-0.4, -0.2) is 66.9 Å². The number of carboxylic acids is 1. The molecule has 2 saturated heterocycles. The van der Waals surface area contributed by atoms with Crippen LogP contribution < -0.4 is 14.7 Å². The van der Waals surface area contributed by atoms with Gasteiger partial charge in [0.05, 0.1) is 0 Å². The van der Waals surface area contributed by atoms with Crippen LogP contribution in [0.25, 0.3) is 0 Å². The molecule has 0 spiro atoms. The van der Waals surface area contributed by atoms with Gasteiger partial charge in [0.2, 0.25) is 0 Å². The molecule has 0 atom stereocenters. The van der Waals surface area contributed by atoms with Gasteiger partial charge in [-0.1, -0.05) is 6.07 Å². The number of hydrogen-bond acceptors (Lipinski definition) is 6. The van der Waals surface area contributed by atoms with Crippen LogP contribution in [0, 0.1) is 5.92 Å². The fourth-order valence-electron chi connectivity index (χ4n) is 4.07. The molecule has 0 aromatic heterocycles. The van der Waals surface area contributed by atoms with Crippen molar-refractivity contribution >= 4 is 13.1 Å². The minimum Gasteiger partial charge on any atom is -0.535 e. The summed E-state index contributed by atoms with van der Waals surface area (Å²) in [5, 5.41) is 22.7. The van der Waals surface area contributed by atoms with Gasteiger partial charge in [0.25, 0.3) is 0 Å². The maximum atomic E-state index is 11.8. The number of rotatable bonds is 5. The molecule has 1 aromatic rings. The van der Waals surface area contributed by atoms with E-state index in [0.717, 1.165) is 44.2 Å². The van der Waals surface area contributed by atoms with Gasteiger partial charge >= 0.3 is 13.1 Å². The number of aryl methyl sites for hydroxylation is 1. The maximum Gasteiger partial charge on any atom is 0.522 e. The molecule has 4 rings (SSSR count). The minimum atomic E-state index is -1.09. The van der Waals surface area contributed by atoms with Crippen molar-refractivity contribution < 1.29 is 24.3 Å². The van der Waals surface area contributed by atoms with Gasteiger partial charge in [0.1, 0.15) is 23.2 Å². The largest absolute Gasteiger partial charge is 0.535 e. The summed E-state index contributed by atoms with van der Waals surface area (Å²) in [5.41, 5.74) is 0.833. The lowest BCUT2D eigenvalue weighted by Crippen LogP contribution is -2.55. The minimum absolute atomic E-state index is 0.00128. The topological polar surface area (TPSA) is 91.3 Å². The van der Waals surface area contributed by atoms with Gasteiger partial charge in [0, 0.05) is 19.6 Å². The van der Waals surface area contributed by atoms with Crippen molar-refractivity contribution in [1.29, 1.82) is 0 Å². The van der Waals surface area contributed by atoms with Crippen LogP contribution in [0.5, 0.6) is 11.5 Å². The summed E-state index contributed by atoms with van der Waals surface area (Å²) in [6.45, 7) is 4.93. The van der Waals surface area contributed by atoms with E-state index in [1.54, 1.807) is 6.07 Å². The summed E-state index contributed by atoms with van der Waals surface area (Å²) in [5.74, 6) is 0.235. The van der Waals surface area contributed by atoms with Crippen LogP contribution in [0.15, 0.2) is 12.1 Å². The molecule has 3 heterocycles. The number of likely N-dealkylation sites (tertiary alicyclic amines) is 1. The van der Waals surface area contributed by atoms with Gasteiger partial charge in [-0.3, -0.25) is 4.90 Å². The molecule has 0 radical (unpaired) electrons. The zero-order valence-electron chi connectivity index (χ0n) is 14.8. The number of benzene rings is 1. The van der Waals surface area contributed by atoms with Gasteiger partial charge in [-0.05, 0) is 56.2 Å². The fourth-order valence-corrected chi connectivity index (χ4v) is 4.07. The maximum absolute atomic E-state index is 11.8. The number of carboxylic acid groups (broad SMARTS) is 1. The molecule has 0 amide bonds. The van der Waals surface area contributed by atoms with E-state index in [9.17, 15) is 14.9 Å². The van der Waals surface area contributed by atoms with Gasteiger partial charge < -0.3 is 24.8 Å². The van der Waals surface area contributed by atoms with Crippen LogP contribution in [0.2, 0.25) is 6.32 Å². The van der Waals surface area contributed by atoms with Crippen molar-refractivity contribution in [3.63, 3.8) is 0 Å². The van der Waals surface area contributed by atoms with E-state index in [-0.39, 0.29) is 17.4 Å². The summed E-state index contributed by atoms with van der Waals surface area (Å²) < 4.78 is 11.4. The van der Waals surface area contributed by atoms with E-state index >= 15 is 0 Å². The first-order chi connectivity index (χ1) is 12.6. The van der Waals surface area contributed by atoms with E-state index < -0.39 is 13.1 Å². The first-order valence-electron chi connectivity index (χ1n) is 9.44. The average molecular weight is 360 g/mol. The molecule has 7 nitrogen and oxygen atoms in total. The lowest BCUT2D eigenvalue weighted by atomic mass is 9.78. The van der Waals surface area contributed by atoms with E-state index in [1.807, 2.05) is 6.07 Å². The van der Waals surface area contributed by atoms with Crippen LogP contribution in [-0.2, 0) is 6.42 Å². The Labute approximate surface area is 153 Å². The lowest BCUT2D eigenvalue weighted by Gasteiger charge is -2.41. The van der Waals surface area contributed by atoms with E-state index in [4.69, 9.17) is 9.39 Å². The molecule has 2 fully saturated rings. The molecule has 0 bridgehead atoms. The standard InChI is InChI=1S/C18H25BN2O5/c22-18(23)16-15(2-1-13-3-6-19(24)26-17(13)16)25-14-10-21(11-14)9-12-4-7-20-8-5-12/h1-2,12,14,20,24H,3-11H2,(H,22,23). The van der Waals surface area contributed by atoms with Crippen molar-refractivity contribution in [3.8, 4) is 11.5 Å². The highest BCUT2D eigenvalue weighted by Crippen LogP contribution is 2.37. The first-order valence-corrected chi connectivity index (χ1v) is 9.44. The molecule has 0 unspecified atom stereocenters. The number of aromatic carboxylic acids is 1. The van der Waals surface area contributed by atoms with Gasteiger partial charge in [-0.15, -0.1) is 0 Å². The highest BCUT2D eigenvalue weighted by atomic mass is 16.5. The Morgan fingerprint density at radius 2 is 2.12 bits per heavy atom. The molecular formula is C18H25BN2O5. The van der Waals surface area contributed by atoms with Gasteiger partial charge in [-0.25, -0.2) is 4.79 Å². The van der Waals surface area contributed by atoms with Crippen molar-refractivity contribution in [2.24, 2.45) is 5.92 Å². The fraction of sp³-hybridized carbons (Fsp3) is 0.611. The van der Waals surface area contributed by atoms with Crippen molar-refractivity contribution in [2.75, 3.05) is 32.7 Å². The predicted octanol–water partition coefficient (Wildman–Crippen LogP) is 0.863. The molecule has 0 aliphatic carbocycles. The zero-order valence-corrected chi connectivity index (χ0v) is 14.8. The van der Waals surface area contributed by atoms with Gasteiger partial charge in [0.15, 0.2) is 0 Å². The summed E-state index contributed by atoms with van der Waals surface area (Å²) in [4.78, 5) is 14.1. The molecule has 3 N–H and O–H groups in total. The lowest BCUT2D eigenvalue weighted by molar-refractivity contribution is 0.00650. The van der Waals surface area contributed by atoms with E-state index in [0.29, 0.717) is 18.5 Å². The Bertz CT molecular complexity index is 674. The summed E-state index contributed by atoms with van der Waals surface area (Å²) in [6.07, 6.45) is 3.51. The molecule has 0 saturated carbocycles. The predicted molar refractivity (Wildman–Crippen MR) is 97.0 cm³/mol. The molecular weight excluding hydrogens is 335 g/mol. The summed E-state index contributed by atoms with van der Waals surface area (Å²) in [6, 6.07) is 3.56. The third kappa shape index (κ3) is 3.67. The smallest absolute Gasteiger partial charge is 0.522 e. The Kier molecular flexibility index (Phi) is 5.06. The van der Waals surface area contributed by atoms with E-state index in [1.165, 1.54) is 12.8 Å². The molecule has 1 aromatic carbocycles. The Morgan fingerprint density at radius 3 is 2.85 bits per heavy atom.